The van der Waals surface area contributed by atoms with Gasteiger partial charge in [0, 0.05) is 23.8 Å². The zero-order chi connectivity index (χ0) is 13.9. The van der Waals surface area contributed by atoms with Gasteiger partial charge in [0.25, 0.3) is 0 Å². The van der Waals surface area contributed by atoms with Gasteiger partial charge in [0.2, 0.25) is 10.0 Å². The predicted octanol–water partition coefficient (Wildman–Crippen LogP) is 1.23. The Bertz CT molecular complexity index is 508. The Morgan fingerprint density at radius 1 is 1.44 bits per heavy atom. The van der Waals surface area contributed by atoms with Crippen molar-refractivity contribution in [1.29, 1.82) is 0 Å². The van der Waals surface area contributed by atoms with Crippen LogP contribution in [0.3, 0.4) is 0 Å². The van der Waals surface area contributed by atoms with Crippen LogP contribution in [0.25, 0.3) is 0 Å². The van der Waals surface area contributed by atoms with Crippen molar-refractivity contribution in [2.24, 2.45) is 0 Å². The first-order chi connectivity index (χ1) is 8.34. The smallest absolute Gasteiger partial charge is 0.243 e. The second-order valence-electron chi connectivity index (χ2n) is 3.84. The molecule has 0 aromatic heterocycles. The minimum atomic E-state index is -3.67. The van der Waals surface area contributed by atoms with Crippen LogP contribution in [-0.2, 0) is 10.0 Å². The molecule has 0 spiro atoms. The molecule has 0 fully saturated rings. The van der Waals surface area contributed by atoms with Crippen LogP contribution in [0.1, 0.15) is 12.5 Å². The van der Waals surface area contributed by atoms with Gasteiger partial charge in [-0.15, -0.1) is 0 Å². The highest BCUT2D eigenvalue weighted by molar-refractivity contribution is 7.89. The molecule has 1 aromatic rings. The van der Waals surface area contributed by atoms with Crippen molar-refractivity contribution < 1.29 is 13.5 Å². The highest BCUT2D eigenvalue weighted by atomic mass is 35.5. The van der Waals surface area contributed by atoms with Crippen LogP contribution in [0, 0.1) is 6.92 Å². The van der Waals surface area contributed by atoms with Crippen LogP contribution in [0.2, 0.25) is 5.02 Å². The molecule has 0 amide bonds. The van der Waals surface area contributed by atoms with E-state index in [4.69, 9.17) is 22.4 Å². The van der Waals surface area contributed by atoms with Gasteiger partial charge < -0.3 is 10.8 Å². The van der Waals surface area contributed by atoms with Crippen molar-refractivity contribution >= 4 is 27.3 Å². The summed E-state index contributed by atoms with van der Waals surface area (Å²) in [5.74, 6) is 0. The topological polar surface area (TPSA) is 83.6 Å². The average molecular weight is 293 g/mol. The molecule has 0 unspecified atom stereocenters. The molecule has 1 aromatic carbocycles. The Labute approximate surface area is 112 Å². The van der Waals surface area contributed by atoms with E-state index in [9.17, 15) is 8.42 Å². The monoisotopic (exact) mass is 292 g/mol. The fourth-order valence-corrected chi connectivity index (χ4v) is 3.33. The van der Waals surface area contributed by atoms with Crippen LogP contribution in [0.15, 0.2) is 17.0 Å². The molecule has 0 heterocycles. The van der Waals surface area contributed by atoms with E-state index in [2.05, 4.69) is 0 Å². The standard InChI is InChI=1S/C11H17ClN2O3S/c1-3-14(4-5-15)18(16,17)9-6-10(12)8(2)11(13)7-9/h6-7,15H,3-5,13H2,1-2H3. The van der Waals surface area contributed by atoms with Crippen molar-refractivity contribution in [1.82, 2.24) is 4.31 Å². The normalized spacial score (nSPS) is 12.1. The molecule has 0 aliphatic rings. The van der Waals surface area contributed by atoms with Crippen LogP contribution >= 0.6 is 11.6 Å². The second kappa shape index (κ2) is 5.88. The van der Waals surface area contributed by atoms with Gasteiger partial charge in [-0.05, 0) is 24.6 Å². The van der Waals surface area contributed by atoms with E-state index in [1.165, 1.54) is 16.4 Å². The van der Waals surface area contributed by atoms with Crippen molar-refractivity contribution in [3.05, 3.63) is 22.7 Å². The minimum Gasteiger partial charge on any atom is -0.398 e. The maximum absolute atomic E-state index is 12.3. The molecule has 0 atom stereocenters. The highest BCUT2D eigenvalue weighted by Crippen LogP contribution is 2.27. The summed E-state index contributed by atoms with van der Waals surface area (Å²) < 4.78 is 25.7. The Morgan fingerprint density at radius 2 is 2.06 bits per heavy atom. The van der Waals surface area contributed by atoms with E-state index in [1.807, 2.05) is 0 Å². The van der Waals surface area contributed by atoms with Crippen molar-refractivity contribution in [2.75, 3.05) is 25.4 Å². The number of hydrogen-bond acceptors (Lipinski definition) is 4. The van der Waals surface area contributed by atoms with Crippen LogP contribution < -0.4 is 5.73 Å². The largest absolute Gasteiger partial charge is 0.398 e. The number of halogens is 1. The van der Waals surface area contributed by atoms with E-state index >= 15 is 0 Å². The van der Waals surface area contributed by atoms with Gasteiger partial charge in [-0.2, -0.15) is 4.31 Å². The number of nitrogens with zero attached hydrogens (tertiary/aromatic N) is 1. The summed E-state index contributed by atoms with van der Waals surface area (Å²) in [6.45, 7) is 3.51. The Kier molecular flexibility index (Phi) is 4.98. The number of aliphatic hydroxyl groups excluding tert-OH is 1. The van der Waals surface area contributed by atoms with Gasteiger partial charge in [-0.1, -0.05) is 18.5 Å². The van der Waals surface area contributed by atoms with E-state index in [-0.39, 0.29) is 24.6 Å². The van der Waals surface area contributed by atoms with Gasteiger partial charge in [-0.3, -0.25) is 0 Å². The summed E-state index contributed by atoms with van der Waals surface area (Å²) >= 11 is 5.94. The SMILES string of the molecule is CCN(CCO)S(=O)(=O)c1cc(N)c(C)c(Cl)c1. The fraction of sp³-hybridized carbons (Fsp3) is 0.455. The van der Waals surface area contributed by atoms with E-state index in [0.717, 1.165) is 0 Å². The minimum absolute atomic E-state index is 0.0459. The number of benzene rings is 1. The van der Waals surface area contributed by atoms with Gasteiger partial charge >= 0.3 is 0 Å². The number of hydrogen-bond donors (Lipinski definition) is 2. The summed E-state index contributed by atoms with van der Waals surface area (Å²) in [7, 11) is -3.67. The molecule has 7 heteroatoms. The molecule has 0 aliphatic heterocycles. The lowest BCUT2D eigenvalue weighted by atomic mass is 10.2. The van der Waals surface area contributed by atoms with Crippen LogP contribution in [0.4, 0.5) is 5.69 Å². The van der Waals surface area contributed by atoms with Gasteiger partial charge in [0.1, 0.15) is 0 Å². The molecular weight excluding hydrogens is 276 g/mol. The summed E-state index contributed by atoms with van der Waals surface area (Å²) in [4.78, 5) is 0.0471. The molecular formula is C11H17ClN2O3S. The average Bonchev–Trinajstić information content (AvgIpc) is 2.31. The van der Waals surface area contributed by atoms with Crippen LogP contribution in [-0.4, -0.2) is 37.5 Å². The molecule has 0 bridgehead atoms. The molecule has 0 saturated heterocycles. The summed E-state index contributed by atoms with van der Waals surface area (Å²) in [5, 5.41) is 9.19. The number of nitrogen functional groups attached to an aromatic ring is 1. The number of rotatable bonds is 5. The molecule has 3 N–H and O–H groups in total. The quantitative estimate of drug-likeness (QED) is 0.800. The summed E-state index contributed by atoms with van der Waals surface area (Å²) in [5.41, 5.74) is 6.70. The lowest BCUT2D eigenvalue weighted by Gasteiger charge is -2.20. The Hall–Kier alpha value is -0.820. The number of aliphatic hydroxyl groups is 1. The second-order valence-corrected chi connectivity index (χ2v) is 6.18. The molecule has 102 valence electrons. The van der Waals surface area contributed by atoms with E-state index in [0.29, 0.717) is 16.3 Å². The molecule has 0 aliphatic carbocycles. The number of anilines is 1. The van der Waals surface area contributed by atoms with E-state index in [1.54, 1.807) is 13.8 Å². The van der Waals surface area contributed by atoms with Crippen molar-refractivity contribution in [2.45, 2.75) is 18.7 Å². The summed E-state index contributed by atoms with van der Waals surface area (Å²) in [6.07, 6.45) is 0. The van der Waals surface area contributed by atoms with Gasteiger partial charge in [0.15, 0.2) is 0 Å². The maximum atomic E-state index is 12.3. The van der Waals surface area contributed by atoms with Crippen molar-refractivity contribution in [3.8, 4) is 0 Å². The zero-order valence-corrected chi connectivity index (χ0v) is 11.9. The van der Waals surface area contributed by atoms with E-state index < -0.39 is 10.0 Å². The zero-order valence-electron chi connectivity index (χ0n) is 10.4. The molecule has 18 heavy (non-hydrogen) atoms. The fourth-order valence-electron chi connectivity index (χ4n) is 1.53. The molecule has 0 saturated carbocycles. The van der Waals surface area contributed by atoms with Gasteiger partial charge in [-0.25, -0.2) is 8.42 Å². The summed E-state index contributed by atoms with van der Waals surface area (Å²) in [6, 6.07) is 2.76. The third-order valence-electron chi connectivity index (χ3n) is 2.70. The Balaban J connectivity index is 3.28. The first-order valence-corrected chi connectivity index (χ1v) is 7.33. The lowest BCUT2D eigenvalue weighted by Crippen LogP contribution is -2.33. The van der Waals surface area contributed by atoms with Gasteiger partial charge in [0.05, 0.1) is 11.5 Å². The number of nitrogens with two attached hydrogens (primary N) is 1. The third-order valence-corrected chi connectivity index (χ3v) is 5.04. The Morgan fingerprint density at radius 3 is 2.50 bits per heavy atom. The third kappa shape index (κ3) is 2.95. The molecule has 5 nitrogen and oxygen atoms in total. The van der Waals surface area contributed by atoms with Crippen molar-refractivity contribution in [3.63, 3.8) is 0 Å². The number of likely N-dealkylation sites (N-methyl/N-ethyl adjacent to an activating group) is 1. The molecule has 0 radical (unpaired) electrons. The van der Waals surface area contributed by atoms with Crippen LogP contribution in [0.5, 0.6) is 0 Å². The molecule has 1 rings (SSSR count). The maximum Gasteiger partial charge on any atom is 0.243 e. The highest BCUT2D eigenvalue weighted by Gasteiger charge is 2.23. The lowest BCUT2D eigenvalue weighted by molar-refractivity contribution is 0.257. The predicted molar refractivity (Wildman–Crippen MR) is 72.1 cm³/mol. The first kappa shape index (κ1) is 15.2. The first-order valence-electron chi connectivity index (χ1n) is 5.51. The number of sulfonamides is 1.